The first-order valence-electron chi connectivity index (χ1n) is 10.5. The Morgan fingerprint density at radius 2 is 1.61 bits per heavy atom. The molecule has 2 atom stereocenters. The maximum absolute atomic E-state index is 13.5. The second kappa shape index (κ2) is 6.37. The number of methoxy groups -OCH3 is 1. The van der Waals surface area contributed by atoms with Crippen molar-refractivity contribution in [1.29, 1.82) is 0 Å². The first kappa shape index (κ1) is 17.8. The van der Waals surface area contributed by atoms with Crippen molar-refractivity contribution >= 4 is 11.6 Å². The molecule has 0 unspecified atom stereocenters. The van der Waals surface area contributed by atoms with Crippen LogP contribution in [0, 0.1) is 24.2 Å². The van der Waals surface area contributed by atoms with Crippen LogP contribution in [0.5, 0.6) is 5.75 Å². The summed E-state index contributed by atoms with van der Waals surface area (Å²) in [5.41, 5.74) is 3.60. The highest BCUT2D eigenvalue weighted by Crippen LogP contribution is 2.66. The highest BCUT2D eigenvalue weighted by Gasteiger charge is 2.60. The van der Waals surface area contributed by atoms with Crippen molar-refractivity contribution < 1.29 is 9.53 Å². The first-order chi connectivity index (χ1) is 13.5. The maximum atomic E-state index is 13.5. The first-order valence-corrected chi connectivity index (χ1v) is 10.5. The lowest BCUT2D eigenvalue weighted by Crippen LogP contribution is -2.57. The third kappa shape index (κ3) is 2.83. The number of nitrogens with one attached hydrogen (secondary N) is 1. The molecule has 1 amide bonds. The molecule has 2 aromatic carbocycles. The summed E-state index contributed by atoms with van der Waals surface area (Å²) in [6, 6.07) is 16.8. The molecule has 4 aliphatic rings. The predicted octanol–water partition coefficient (Wildman–Crippen LogP) is 5.48. The number of amides is 1. The minimum atomic E-state index is -0.213. The van der Waals surface area contributed by atoms with E-state index in [1.807, 2.05) is 24.3 Å². The van der Waals surface area contributed by atoms with Gasteiger partial charge < -0.3 is 10.1 Å². The summed E-state index contributed by atoms with van der Waals surface area (Å²) >= 11 is 0. The number of rotatable bonds is 4. The van der Waals surface area contributed by atoms with Crippen LogP contribution in [-0.2, 0) is 10.2 Å². The zero-order valence-corrected chi connectivity index (χ0v) is 16.8. The molecule has 3 heteroatoms. The van der Waals surface area contributed by atoms with Crippen molar-refractivity contribution in [1.82, 2.24) is 0 Å². The summed E-state index contributed by atoms with van der Waals surface area (Å²) < 4.78 is 5.23. The van der Waals surface area contributed by atoms with E-state index in [1.54, 1.807) is 7.11 Å². The van der Waals surface area contributed by atoms with Gasteiger partial charge in [0.2, 0.25) is 5.91 Å². The molecule has 0 heterocycles. The second-order valence-corrected chi connectivity index (χ2v) is 9.57. The van der Waals surface area contributed by atoms with E-state index < -0.39 is 0 Å². The minimum absolute atomic E-state index is 0.190. The number of hydrogen-bond acceptors (Lipinski definition) is 2. The van der Waals surface area contributed by atoms with Gasteiger partial charge in [-0.25, -0.2) is 0 Å². The number of ether oxygens (including phenoxy) is 1. The van der Waals surface area contributed by atoms with E-state index in [9.17, 15) is 4.79 Å². The number of anilines is 1. The third-order valence-corrected chi connectivity index (χ3v) is 7.55. The van der Waals surface area contributed by atoms with Crippen LogP contribution < -0.4 is 10.1 Å². The van der Waals surface area contributed by atoms with Crippen LogP contribution in [0.15, 0.2) is 48.5 Å². The van der Waals surface area contributed by atoms with Gasteiger partial charge in [-0.1, -0.05) is 29.8 Å². The van der Waals surface area contributed by atoms with Crippen LogP contribution in [-0.4, -0.2) is 13.0 Å². The van der Waals surface area contributed by atoms with Crippen molar-refractivity contribution in [2.24, 2.45) is 17.3 Å². The van der Waals surface area contributed by atoms with Crippen molar-refractivity contribution in [3.05, 3.63) is 59.7 Å². The zero-order valence-electron chi connectivity index (χ0n) is 16.8. The molecule has 0 saturated heterocycles. The Bertz CT molecular complexity index is 870. The summed E-state index contributed by atoms with van der Waals surface area (Å²) in [6.07, 6.45) is 6.93. The number of benzene rings is 2. The van der Waals surface area contributed by atoms with Crippen LogP contribution >= 0.6 is 0 Å². The van der Waals surface area contributed by atoms with Gasteiger partial charge in [-0.2, -0.15) is 0 Å². The molecule has 0 aliphatic heterocycles. The van der Waals surface area contributed by atoms with Gasteiger partial charge in [-0.3, -0.25) is 4.79 Å². The molecule has 3 nitrogen and oxygen atoms in total. The van der Waals surface area contributed by atoms with Crippen LogP contribution in [0.4, 0.5) is 5.69 Å². The minimum Gasteiger partial charge on any atom is -0.497 e. The molecule has 0 radical (unpaired) electrons. The van der Waals surface area contributed by atoms with Gasteiger partial charge in [-0.15, -0.1) is 0 Å². The molecular weight excluding hydrogens is 346 g/mol. The Morgan fingerprint density at radius 3 is 2.21 bits per heavy atom. The highest BCUT2D eigenvalue weighted by atomic mass is 16.5. The molecular formula is C25H29NO2. The molecule has 146 valence electrons. The fourth-order valence-corrected chi connectivity index (χ4v) is 6.71. The molecule has 4 fully saturated rings. The van der Waals surface area contributed by atoms with E-state index in [2.05, 4.69) is 36.5 Å². The molecule has 4 bridgehead atoms. The van der Waals surface area contributed by atoms with E-state index in [1.165, 1.54) is 30.4 Å². The van der Waals surface area contributed by atoms with Gasteiger partial charge in [0, 0.05) is 5.69 Å². The van der Waals surface area contributed by atoms with Crippen molar-refractivity contribution in [2.45, 2.75) is 50.9 Å². The van der Waals surface area contributed by atoms with Gasteiger partial charge in [-0.05, 0) is 92.5 Å². The highest BCUT2D eigenvalue weighted by molar-refractivity contribution is 5.96. The Labute approximate surface area is 167 Å². The summed E-state index contributed by atoms with van der Waals surface area (Å²) in [7, 11) is 1.66. The lowest BCUT2D eigenvalue weighted by Gasteiger charge is -2.61. The molecule has 0 aromatic heterocycles. The second-order valence-electron chi connectivity index (χ2n) is 9.57. The Morgan fingerprint density at radius 1 is 0.964 bits per heavy atom. The van der Waals surface area contributed by atoms with Crippen LogP contribution in [0.3, 0.4) is 0 Å². The van der Waals surface area contributed by atoms with E-state index >= 15 is 0 Å². The van der Waals surface area contributed by atoms with Gasteiger partial charge >= 0.3 is 0 Å². The molecule has 1 N–H and O–H groups in total. The largest absolute Gasteiger partial charge is 0.497 e. The molecule has 4 aliphatic carbocycles. The van der Waals surface area contributed by atoms with Crippen molar-refractivity contribution in [3.63, 3.8) is 0 Å². The number of carbonyl (C=O) groups excluding carboxylic acids is 1. The van der Waals surface area contributed by atoms with Crippen LogP contribution in [0.1, 0.15) is 49.7 Å². The lowest BCUT2D eigenvalue weighted by atomic mass is 9.42. The number of carbonyl (C=O) groups is 1. The van der Waals surface area contributed by atoms with E-state index in [0.29, 0.717) is 11.8 Å². The summed E-state index contributed by atoms with van der Waals surface area (Å²) in [4.78, 5) is 13.5. The summed E-state index contributed by atoms with van der Waals surface area (Å²) in [6.45, 7) is 2.15. The SMILES string of the molecule is COc1ccc(NC(=O)C23C[C@@H]4C[C@@H](C2)CC(c2ccc(C)cc2)(C4)C3)cc1. The van der Waals surface area contributed by atoms with Gasteiger partial charge in [0.25, 0.3) is 0 Å². The van der Waals surface area contributed by atoms with Gasteiger partial charge in [0.05, 0.1) is 12.5 Å². The van der Waals surface area contributed by atoms with E-state index in [-0.39, 0.29) is 16.7 Å². The average molecular weight is 376 g/mol. The van der Waals surface area contributed by atoms with Gasteiger partial charge in [0.1, 0.15) is 5.75 Å². The summed E-state index contributed by atoms with van der Waals surface area (Å²) in [5.74, 6) is 2.41. The van der Waals surface area contributed by atoms with Gasteiger partial charge in [0.15, 0.2) is 0 Å². The monoisotopic (exact) mass is 375 g/mol. The van der Waals surface area contributed by atoms with E-state index in [0.717, 1.165) is 30.7 Å². The topological polar surface area (TPSA) is 38.3 Å². The standard InChI is InChI=1S/C25H29NO2/c1-17-3-5-20(6-4-17)24-12-18-11-19(13-24)15-25(14-18,16-24)23(27)26-21-7-9-22(28-2)10-8-21/h3-10,18-19H,11-16H2,1-2H3,(H,26,27)/t18-,19-,24?,25?/m1/s1. The quantitative estimate of drug-likeness (QED) is 0.768. The fraction of sp³-hybridized carbons (Fsp3) is 0.480. The number of aryl methyl sites for hydroxylation is 1. The molecule has 28 heavy (non-hydrogen) atoms. The number of hydrogen-bond donors (Lipinski definition) is 1. The Kier molecular flexibility index (Phi) is 4.04. The smallest absolute Gasteiger partial charge is 0.230 e. The average Bonchev–Trinajstić information content (AvgIpc) is 2.68. The third-order valence-electron chi connectivity index (χ3n) is 7.55. The van der Waals surface area contributed by atoms with Crippen molar-refractivity contribution in [3.8, 4) is 5.75 Å². The lowest BCUT2D eigenvalue weighted by molar-refractivity contribution is -0.143. The molecule has 2 aromatic rings. The maximum Gasteiger partial charge on any atom is 0.230 e. The fourth-order valence-electron chi connectivity index (χ4n) is 6.71. The molecule has 6 rings (SSSR count). The normalized spacial score (nSPS) is 32.9. The van der Waals surface area contributed by atoms with Crippen LogP contribution in [0.2, 0.25) is 0 Å². The van der Waals surface area contributed by atoms with Crippen LogP contribution in [0.25, 0.3) is 0 Å². The molecule has 0 spiro atoms. The predicted molar refractivity (Wildman–Crippen MR) is 112 cm³/mol. The summed E-state index contributed by atoms with van der Waals surface area (Å²) in [5, 5.41) is 3.23. The van der Waals surface area contributed by atoms with E-state index in [4.69, 9.17) is 4.74 Å². The Hall–Kier alpha value is -2.29. The zero-order chi connectivity index (χ0) is 19.4. The Balaban J connectivity index is 1.44. The van der Waals surface area contributed by atoms with Crippen molar-refractivity contribution in [2.75, 3.05) is 12.4 Å². The molecule has 4 saturated carbocycles.